The van der Waals surface area contributed by atoms with Gasteiger partial charge in [-0.3, -0.25) is 0 Å². The third-order valence-electron chi connectivity index (χ3n) is 2.82. The molecule has 0 aliphatic rings. The standard InChI is InChI=1S/C14H18O5/c1-10-11(13(16)17)6-5-7-12(10)14(18)19-9-4-2-3-8-15/h5-7,15H,2-4,8-9H2,1H3,(H,16,17). The topological polar surface area (TPSA) is 83.8 Å². The first-order chi connectivity index (χ1) is 9.07. The second-order valence-electron chi connectivity index (χ2n) is 4.20. The van der Waals surface area contributed by atoms with Gasteiger partial charge in [0.25, 0.3) is 0 Å². The van der Waals surface area contributed by atoms with E-state index in [1.54, 1.807) is 13.0 Å². The summed E-state index contributed by atoms with van der Waals surface area (Å²) in [7, 11) is 0. The van der Waals surface area contributed by atoms with Crippen LogP contribution in [0.2, 0.25) is 0 Å². The lowest BCUT2D eigenvalue weighted by atomic mass is 10.0. The number of hydrogen-bond donors (Lipinski definition) is 2. The SMILES string of the molecule is Cc1c(C(=O)O)cccc1C(=O)OCCCCCO. The number of esters is 1. The van der Waals surface area contributed by atoms with Crippen LogP contribution in [0.5, 0.6) is 0 Å². The molecule has 5 nitrogen and oxygen atoms in total. The maximum absolute atomic E-state index is 11.8. The number of carbonyl (C=O) groups is 2. The summed E-state index contributed by atoms with van der Waals surface area (Å²) in [5.41, 5.74) is 0.798. The number of aliphatic hydroxyl groups is 1. The van der Waals surface area contributed by atoms with Crippen LogP contribution in [0.3, 0.4) is 0 Å². The van der Waals surface area contributed by atoms with Gasteiger partial charge in [-0.15, -0.1) is 0 Å². The first-order valence-electron chi connectivity index (χ1n) is 6.18. The van der Waals surface area contributed by atoms with Gasteiger partial charge in [-0.25, -0.2) is 9.59 Å². The van der Waals surface area contributed by atoms with E-state index in [0.29, 0.717) is 18.4 Å². The Morgan fingerprint density at radius 3 is 2.47 bits per heavy atom. The molecule has 104 valence electrons. The molecule has 1 rings (SSSR count). The van der Waals surface area contributed by atoms with Gasteiger partial charge in [-0.2, -0.15) is 0 Å². The summed E-state index contributed by atoms with van der Waals surface area (Å²) < 4.78 is 5.08. The second-order valence-corrected chi connectivity index (χ2v) is 4.20. The van der Waals surface area contributed by atoms with Gasteiger partial charge in [0.1, 0.15) is 0 Å². The summed E-state index contributed by atoms with van der Waals surface area (Å²) in [4.78, 5) is 22.8. The summed E-state index contributed by atoms with van der Waals surface area (Å²) >= 11 is 0. The fourth-order valence-electron chi connectivity index (χ4n) is 1.72. The molecule has 0 spiro atoms. The number of hydrogen-bond acceptors (Lipinski definition) is 4. The zero-order valence-corrected chi connectivity index (χ0v) is 10.9. The van der Waals surface area contributed by atoms with Crippen molar-refractivity contribution in [2.45, 2.75) is 26.2 Å². The van der Waals surface area contributed by atoms with Crippen molar-refractivity contribution >= 4 is 11.9 Å². The first-order valence-corrected chi connectivity index (χ1v) is 6.18. The van der Waals surface area contributed by atoms with Crippen LogP contribution >= 0.6 is 0 Å². The fourth-order valence-corrected chi connectivity index (χ4v) is 1.72. The van der Waals surface area contributed by atoms with E-state index in [1.807, 2.05) is 0 Å². The summed E-state index contributed by atoms with van der Waals surface area (Å²) in [6, 6.07) is 4.53. The second kappa shape index (κ2) is 7.53. The molecule has 19 heavy (non-hydrogen) atoms. The molecule has 5 heteroatoms. The van der Waals surface area contributed by atoms with E-state index >= 15 is 0 Å². The maximum Gasteiger partial charge on any atom is 0.338 e. The van der Waals surface area contributed by atoms with E-state index in [2.05, 4.69) is 0 Å². The highest BCUT2D eigenvalue weighted by atomic mass is 16.5. The molecule has 0 saturated heterocycles. The molecule has 0 saturated carbocycles. The van der Waals surface area contributed by atoms with Gasteiger partial charge in [0.05, 0.1) is 17.7 Å². The number of carbonyl (C=O) groups excluding carboxylic acids is 1. The fraction of sp³-hybridized carbons (Fsp3) is 0.429. The van der Waals surface area contributed by atoms with Crippen LogP contribution in [-0.4, -0.2) is 35.4 Å². The minimum atomic E-state index is -1.06. The van der Waals surface area contributed by atoms with Crippen LogP contribution in [0.25, 0.3) is 0 Å². The van der Waals surface area contributed by atoms with E-state index < -0.39 is 11.9 Å². The molecule has 0 fully saturated rings. The minimum absolute atomic E-state index is 0.106. The van der Waals surface area contributed by atoms with Gasteiger partial charge >= 0.3 is 11.9 Å². The molecular weight excluding hydrogens is 248 g/mol. The molecular formula is C14H18O5. The van der Waals surface area contributed by atoms with Gasteiger partial charge < -0.3 is 14.9 Å². The Labute approximate surface area is 111 Å². The number of ether oxygens (including phenoxy) is 1. The summed E-state index contributed by atoms with van der Waals surface area (Å²) in [6.45, 7) is 2.00. The number of rotatable bonds is 7. The van der Waals surface area contributed by atoms with Gasteiger partial charge in [0, 0.05) is 6.61 Å². The Morgan fingerprint density at radius 2 is 1.84 bits per heavy atom. The normalized spacial score (nSPS) is 10.2. The van der Waals surface area contributed by atoms with Gasteiger partial charge in [0.15, 0.2) is 0 Å². The largest absolute Gasteiger partial charge is 0.478 e. The number of benzene rings is 1. The lowest BCUT2D eigenvalue weighted by molar-refractivity contribution is 0.0496. The third kappa shape index (κ3) is 4.37. The highest BCUT2D eigenvalue weighted by Crippen LogP contribution is 2.15. The van der Waals surface area contributed by atoms with Crippen molar-refractivity contribution in [1.82, 2.24) is 0 Å². The Kier molecular flexibility index (Phi) is 6.02. The van der Waals surface area contributed by atoms with Crippen molar-refractivity contribution < 1.29 is 24.5 Å². The summed E-state index contributed by atoms with van der Waals surface area (Å²) in [5, 5.41) is 17.6. The summed E-state index contributed by atoms with van der Waals surface area (Å²) in [6.07, 6.45) is 2.16. The average molecular weight is 266 g/mol. The number of unbranched alkanes of at least 4 members (excludes halogenated alkanes) is 2. The molecule has 0 unspecified atom stereocenters. The highest BCUT2D eigenvalue weighted by molar-refractivity contribution is 5.97. The minimum Gasteiger partial charge on any atom is -0.478 e. The number of carboxylic acids is 1. The number of aliphatic hydroxyl groups excluding tert-OH is 1. The van der Waals surface area contributed by atoms with E-state index in [9.17, 15) is 9.59 Å². The van der Waals surface area contributed by atoms with Crippen molar-refractivity contribution in [3.05, 3.63) is 34.9 Å². The Hall–Kier alpha value is -1.88. The van der Waals surface area contributed by atoms with Crippen LogP contribution in [0.4, 0.5) is 0 Å². The Bertz CT molecular complexity index is 453. The molecule has 0 heterocycles. The highest BCUT2D eigenvalue weighted by Gasteiger charge is 2.15. The van der Waals surface area contributed by atoms with E-state index in [4.69, 9.17) is 14.9 Å². The molecule has 0 aliphatic carbocycles. The van der Waals surface area contributed by atoms with Crippen molar-refractivity contribution in [3.8, 4) is 0 Å². The van der Waals surface area contributed by atoms with E-state index in [-0.39, 0.29) is 24.3 Å². The Morgan fingerprint density at radius 1 is 1.16 bits per heavy atom. The predicted molar refractivity (Wildman–Crippen MR) is 69.4 cm³/mol. The molecule has 0 amide bonds. The van der Waals surface area contributed by atoms with Crippen molar-refractivity contribution in [1.29, 1.82) is 0 Å². The van der Waals surface area contributed by atoms with E-state index in [0.717, 1.165) is 6.42 Å². The van der Waals surface area contributed by atoms with Gasteiger partial charge in [0.2, 0.25) is 0 Å². The van der Waals surface area contributed by atoms with Crippen molar-refractivity contribution in [2.24, 2.45) is 0 Å². The summed E-state index contributed by atoms with van der Waals surface area (Å²) in [5.74, 6) is -1.57. The van der Waals surface area contributed by atoms with Crippen LogP contribution in [0.1, 0.15) is 45.5 Å². The lowest BCUT2D eigenvalue weighted by Gasteiger charge is -2.08. The van der Waals surface area contributed by atoms with Gasteiger partial charge in [-0.05, 0) is 43.9 Å². The monoisotopic (exact) mass is 266 g/mol. The zero-order chi connectivity index (χ0) is 14.3. The molecule has 2 N–H and O–H groups in total. The lowest BCUT2D eigenvalue weighted by Crippen LogP contribution is -2.11. The quantitative estimate of drug-likeness (QED) is 0.582. The molecule has 0 atom stereocenters. The maximum atomic E-state index is 11.8. The molecule has 0 aliphatic heterocycles. The van der Waals surface area contributed by atoms with Crippen LogP contribution in [-0.2, 0) is 4.74 Å². The zero-order valence-electron chi connectivity index (χ0n) is 10.9. The molecule has 0 radical (unpaired) electrons. The number of aromatic carboxylic acids is 1. The molecule has 0 aromatic heterocycles. The average Bonchev–Trinajstić information content (AvgIpc) is 2.38. The van der Waals surface area contributed by atoms with E-state index in [1.165, 1.54) is 12.1 Å². The first kappa shape index (κ1) is 15.2. The van der Waals surface area contributed by atoms with Gasteiger partial charge in [-0.1, -0.05) is 6.07 Å². The molecule has 1 aromatic rings. The smallest absolute Gasteiger partial charge is 0.338 e. The van der Waals surface area contributed by atoms with Crippen LogP contribution < -0.4 is 0 Å². The van der Waals surface area contributed by atoms with Crippen molar-refractivity contribution in [2.75, 3.05) is 13.2 Å². The number of carboxylic acid groups (broad SMARTS) is 1. The molecule has 1 aromatic carbocycles. The van der Waals surface area contributed by atoms with Crippen LogP contribution in [0.15, 0.2) is 18.2 Å². The Balaban J connectivity index is 2.62. The molecule has 0 bridgehead atoms. The van der Waals surface area contributed by atoms with Crippen LogP contribution in [0, 0.1) is 6.92 Å². The predicted octanol–water partition coefficient (Wildman–Crippen LogP) is 2.01. The van der Waals surface area contributed by atoms with Crippen molar-refractivity contribution in [3.63, 3.8) is 0 Å². The third-order valence-corrected chi connectivity index (χ3v) is 2.82.